The number of fused-ring (bicyclic) bond motifs is 1. The van der Waals surface area contributed by atoms with E-state index in [2.05, 4.69) is 15.9 Å². The standard InChI is InChI=1S/C28H17BrClNO4S/c29-22-10-11-24(35-27(33)20-6-3-7-23(30)14-20)21(13-22)15-25-26(32)31(28(34)36-25)16-17-8-9-18-4-1-2-5-19(18)12-17/h1-15H,16H2/b25-15-. The van der Waals surface area contributed by atoms with E-state index in [-0.39, 0.29) is 22.4 Å². The highest BCUT2D eigenvalue weighted by atomic mass is 79.9. The third-order valence-electron chi connectivity index (χ3n) is 5.55. The molecule has 0 aromatic heterocycles. The van der Waals surface area contributed by atoms with Crippen LogP contribution < -0.4 is 4.74 Å². The molecule has 0 radical (unpaired) electrons. The third kappa shape index (κ3) is 5.23. The molecule has 1 fully saturated rings. The highest BCUT2D eigenvalue weighted by Gasteiger charge is 2.35. The number of rotatable bonds is 5. The van der Waals surface area contributed by atoms with Gasteiger partial charge in [0.05, 0.1) is 17.0 Å². The summed E-state index contributed by atoms with van der Waals surface area (Å²) in [7, 11) is 0. The van der Waals surface area contributed by atoms with E-state index in [4.69, 9.17) is 16.3 Å². The number of ether oxygens (including phenoxy) is 1. The second kappa shape index (κ2) is 10.3. The lowest BCUT2D eigenvalue weighted by atomic mass is 10.1. The number of amides is 2. The normalized spacial score (nSPS) is 14.6. The van der Waals surface area contributed by atoms with E-state index in [0.29, 0.717) is 16.1 Å². The topological polar surface area (TPSA) is 63.7 Å². The van der Waals surface area contributed by atoms with Crippen LogP contribution in [-0.2, 0) is 11.3 Å². The van der Waals surface area contributed by atoms with E-state index >= 15 is 0 Å². The molecule has 5 nitrogen and oxygen atoms in total. The van der Waals surface area contributed by atoms with Crippen molar-refractivity contribution in [2.45, 2.75) is 6.54 Å². The summed E-state index contributed by atoms with van der Waals surface area (Å²) < 4.78 is 6.32. The minimum Gasteiger partial charge on any atom is -0.422 e. The molecule has 4 aromatic rings. The lowest BCUT2D eigenvalue weighted by Gasteiger charge is -2.13. The van der Waals surface area contributed by atoms with Crippen molar-refractivity contribution in [1.29, 1.82) is 0 Å². The Morgan fingerprint density at radius 3 is 2.56 bits per heavy atom. The molecular weight excluding hydrogens is 562 g/mol. The Bertz CT molecular complexity index is 1570. The number of benzene rings is 4. The molecule has 5 rings (SSSR count). The van der Waals surface area contributed by atoms with Gasteiger partial charge < -0.3 is 4.74 Å². The van der Waals surface area contributed by atoms with Gasteiger partial charge >= 0.3 is 5.97 Å². The van der Waals surface area contributed by atoms with Crippen LogP contribution in [0.2, 0.25) is 5.02 Å². The van der Waals surface area contributed by atoms with Gasteiger partial charge in [0.1, 0.15) is 5.75 Å². The first-order valence-electron chi connectivity index (χ1n) is 10.9. The number of thioether (sulfide) groups is 1. The molecule has 1 aliphatic heterocycles. The Kier molecular flexibility index (Phi) is 6.96. The molecule has 178 valence electrons. The summed E-state index contributed by atoms with van der Waals surface area (Å²) >= 11 is 10.3. The number of imide groups is 1. The summed E-state index contributed by atoms with van der Waals surface area (Å²) in [6.07, 6.45) is 1.57. The highest BCUT2D eigenvalue weighted by Crippen LogP contribution is 2.36. The van der Waals surface area contributed by atoms with Gasteiger partial charge in [0.2, 0.25) is 0 Å². The minimum absolute atomic E-state index is 0.169. The van der Waals surface area contributed by atoms with E-state index in [1.165, 1.54) is 11.0 Å². The first-order valence-corrected chi connectivity index (χ1v) is 12.9. The van der Waals surface area contributed by atoms with E-state index in [1.54, 1.807) is 42.5 Å². The largest absolute Gasteiger partial charge is 0.422 e. The second-order valence-corrected chi connectivity index (χ2v) is 10.4. The average molecular weight is 579 g/mol. The number of nitrogens with zero attached hydrogens (tertiary/aromatic N) is 1. The Balaban J connectivity index is 1.39. The van der Waals surface area contributed by atoms with Crippen molar-refractivity contribution in [3.05, 3.63) is 116 Å². The van der Waals surface area contributed by atoms with Crippen molar-refractivity contribution in [3.63, 3.8) is 0 Å². The van der Waals surface area contributed by atoms with Crippen LogP contribution in [0.15, 0.2) is 94.3 Å². The minimum atomic E-state index is -0.584. The summed E-state index contributed by atoms with van der Waals surface area (Å²) in [4.78, 5) is 40.0. The second-order valence-electron chi connectivity index (χ2n) is 8.03. The maximum absolute atomic E-state index is 13.1. The zero-order valence-corrected chi connectivity index (χ0v) is 21.8. The van der Waals surface area contributed by atoms with Crippen LogP contribution in [0.25, 0.3) is 16.8 Å². The molecule has 0 unspecified atom stereocenters. The number of carbonyl (C=O) groups excluding carboxylic acids is 3. The Morgan fingerprint density at radius 1 is 0.944 bits per heavy atom. The van der Waals surface area contributed by atoms with Gasteiger partial charge in [-0.15, -0.1) is 0 Å². The average Bonchev–Trinajstić information content (AvgIpc) is 3.13. The smallest absolute Gasteiger partial charge is 0.343 e. The van der Waals surface area contributed by atoms with Crippen LogP contribution in [0.5, 0.6) is 5.75 Å². The van der Waals surface area contributed by atoms with Crippen molar-refractivity contribution >= 4 is 73.3 Å². The molecule has 0 aliphatic carbocycles. The Labute approximate surface area is 224 Å². The number of carbonyl (C=O) groups is 3. The molecule has 0 saturated carbocycles. The third-order valence-corrected chi connectivity index (χ3v) is 7.19. The molecule has 1 aliphatic rings. The van der Waals surface area contributed by atoms with Gasteiger partial charge in [-0.05, 0) is 76.6 Å². The zero-order valence-electron chi connectivity index (χ0n) is 18.6. The molecule has 0 atom stereocenters. The van der Waals surface area contributed by atoms with Crippen LogP contribution in [-0.4, -0.2) is 22.0 Å². The van der Waals surface area contributed by atoms with Crippen LogP contribution >= 0.6 is 39.3 Å². The van der Waals surface area contributed by atoms with E-state index in [0.717, 1.165) is 32.6 Å². The molecule has 1 saturated heterocycles. The summed E-state index contributed by atoms with van der Waals surface area (Å²) in [6, 6.07) is 25.3. The zero-order chi connectivity index (χ0) is 25.2. The summed E-state index contributed by atoms with van der Waals surface area (Å²) in [6.45, 7) is 0.169. The quantitative estimate of drug-likeness (QED) is 0.138. The van der Waals surface area contributed by atoms with Gasteiger partial charge in [0, 0.05) is 15.1 Å². The number of esters is 1. The first-order chi connectivity index (χ1) is 17.4. The fourth-order valence-electron chi connectivity index (χ4n) is 3.80. The Morgan fingerprint density at radius 2 is 1.75 bits per heavy atom. The molecule has 2 amide bonds. The van der Waals surface area contributed by atoms with Gasteiger partial charge in [-0.2, -0.15) is 0 Å². The monoisotopic (exact) mass is 577 g/mol. The first kappa shape index (κ1) is 24.3. The molecule has 0 spiro atoms. The maximum atomic E-state index is 13.1. The molecule has 0 bridgehead atoms. The summed E-state index contributed by atoms with van der Waals surface area (Å²) in [5.41, 5.74) is 1.64. The summed E-state index contributed by atoms with van der Waals surface area (Å²) in [5, 5.41) is 2.19. The van der Waals surface area contributed by atoms with Gasteiger partial charge in [-0.3, -0.25) is 14.5 Å². The molecule has 4 aromatic carbocycles. The van der Waals surface area contributed by atoms with Crippen molar-refractivity contribution in [3.8, 4) is 5.75 Å². The molecular formula is C28H17BrClNO4S. The van der Waals surface area contributed by atoms with Gasteiger partial charge in [-0.25, -0.2) is 4.79 Å². The molecule has 36 heavy (non-hydrogen) atoms. The van der Waals surface area contributed by atoms with Crippen LogP contribution in [0, 0.1) is 0 Å². The van der Waals surface area contributed by atoms with E-state index < -0.39 is 11.9 Å². The number of halogens is 2. The van der Waals surface area contributed by atoms with Gasteiger partial charge in [0.25, 0.3) is 11.1 Å². The predicted molar refractivity (Wildman–Crippen MR) is 146 cm³/mol. The van der Waals surface area contributed by atoms with E-state index in [9.17, 15) is 14.4 Å². The highest BCUT2D eigenvalue weighted by molar-refractivity contribution is 9.10. The number of hydrogen-bond donors (Lipinski definition) is 0. The SMILES string of the molecule is O=C(Oc1ccc(Br)cc1/C=C1\SC(=O)N(Cc2ccc3ccccc3c2)C1=O)c1cccc(Cl)c1. The van der Waals surface area contributed by atoms with Crippen molar-refractivity contribution in [2.75, 3.05) is 0 Å². The molecule has 0 N–H and O–H groups in total. The van der Waals surface area contributed by atoms with Crippen LogP contribution in [0.1, 0.15) is 21.5 Å². The molecule has 8 heteroatoms. The van der Waals surface area contributed by atoms with Crippen molar-refractivity contribution in [1.82, 2.24) is 4.90 Å². The number of hydrogen-bond acceptors (Lipinski definition) is 5. The van der Waals surface area contributed by atoms with Crippen molar-refractivity contribution < 1.29 is 19.1 Å². The fraction of sp³-hybridized carbons (Fsp3) is 0.0357. The molecule has 1 heterocycles. The fourth-order valence-corrected chi connectivity index (χ4v) is 5.19. The summed E-state index contributed by atoms with van der Waals surface area (Å²) in [5.74, 6) is -0.728. The van der Waals surface area contributed by atoms with Crippen molar-refractivity contribution in [2.24, 2.45) is 0 Å². The van der Waals surface area contributed by atoms with E-state index in [1.807, 2.05) is 42.5 Å². The predicted octanol–water partition coefficient (Wildman–Crippen LogP) is 7.71. The lowest BCUT2D eigenvalue weighted by Crippen LogP contribution is -2.27. The van der Waals surface area contributed by atoms with Crippen LogP contribution in [0.4, 0.5) is 4.79 Å². The van der Waals surface area contributed by atoms with Crippen LogP contribution in [0.3, 0.4) is 0 Å². The lowest BCUT2D eigenvalue weighted by molar-refractivity contribution is -0.123. The Hall–Kier alpha value is -3.39. The van der Waals surface area contributed by atoms with Gasteiger partial charge in [-0.1, -0.05) is 70.0 Å². The van der Waals surface area contributed by atoms with Gasteiger partial charge in [0.15, 0.2) is 0 Å². The maximum Gasteiger partial charge on any atom is 0.343 e.